The number of thioether (sulfide) groups is 1. The Morgan fingerprint density at radius 2 is 1.69 bits per heavy atom. The molecule has 16 heteroatoms. The van der Waals surface area contributed by atoms with Crippen molar-refractivity contribution in [3.63, 3.8) is 0 Å². The number of aromatic nitrogens is 2. The summed E-state index contributed by atoms with van der Waals surface area (Å²) in [6.07, 6.45) is 1.46. The summed E-state index contributed by atoms with van der Waals surface area (Å²) in [5.41, 5.74) is 19.7. The van der Waals surface area contributed by atoms with Crippen LogP contribution < -0.4 is 27.3 Å². The van der Waals surface area contributed by atoms with Crippen molar-refractivity contribution in [2.45, 2.75) is 30.0 Å². The van der Waals surface area contributed by atoms with E-state index in [4.69, 9.17) is 43.3 Å². The molecule has 2 aromatic carbocycles. The second kappa shape index (κ2) is 18.3. The van der Waals surface area contributed by atoms with Gasteiger partial charge in [-0.3, -0.25) is 14.6 Å². The number of nitrogens with one attached hydrogen (secondary N) is 1. The number of anilines is 1. The van der Waals surface area contributed by atoms with Gasteiger partial charge in [0.1, 0.15) is 59.1 Å². The van der Waals surface area contributed by atoms with Crippen LogP contribution in [0.5, 0.6) is 5.75 Å². The van der Waals surface area contributed by atoms with E-state index in [1.807, 2.05) is 29.6 Å². The van der Waals surface area contributed by atoms with Crippen LogP contribution >= 0.6 is 34.7 Å². The molecule has 0 saturated carbocycles. The summed E-state index contributed by atoms with van der Waals surface area (Å²) in [6, 6.07) is 18.5. The number of hydrogen-bond donors (Lipinski definition) is 4. The van der Waals surface area contributed by atoms with Crippen LogP contribution in [0, 0.1) is 22.7 Å². The molecule has 0 aliphatic heterocycles. The summed E-state index contributed by atoms with van der Waals surface area (Å²) in [5.74, 6) is 0.0546. The number of carbonyl (C=O) groups excluding carboxylic acids is 2. The lowest BCUT2D eigenvalue weighted by molar-refractivity contribution is -0.144. The van der Waals surface area contributed by atoms with Crippen molar-refractivity contribution in [1.82, 2.24) is 15.3 Å². The van der Waals surface area contributed by atoms with Gasteiger partial charge < -0.3 is 32.0 Å². The van der Waals surface area contributed by atoms with Crippen LogP contribution in [0.2, 0.25) is 5.02 Å². The van der Waals surface area contributed by atoms with Crippen molar-refractivity contribution in [3.8, 4) is 39.6 Å². The lowest BCUT2D eigenvalue weighted by Gasteiger charge is -2.13. The first-order chi connectivity index (χ1) is 23.7. The van der Waals surface area contributed by atoms with Crippen LogP contribution in [-0.4, -0.2) is 54.1 Å². The second-order valence-corrected chi connectivity index (χ2v) is 12.5. The second-order valence-electron chi connectivity index (χ2n) is 10.2. The molecule has 0 bridgehead atoms. The predicted molar refractivity (Wildman–Crippen MR) is 190 cm³/mol. The Bertz CT molecular complexity index is 1880. The Kier molecular flexibility index (Phi) is 13.6. The van der Waals surface area contributed by atoms with Gasteiger partial charge in [-0.2, -0.15) is 10.5 Å². The number of ether oxygens (including phenoxy) is 2. The minimum absolute atomic E-state index is 0.00486. The molecule has 4 aromatic rings. The zero-order valence-corrected chi connectivity index (χ0v) is 28.5. The number of carbonyl (C=O) groups is 2. The van der Waals surface area contributed by atoms with Gasteiger partial charge in [0.05, 0.1) is 11.3 Å². The van der Waals surface area contributed by atoms with Crippen LogP contribution in [0.4, 0.5) is 5.82 Å². The smallest absolute Gasteiger partial charge is 0.325 e. The van der Waals surface area contributed by atoms with Crippen LogP contribution in [0.1, 0.15) is 36.1 Å². The van der Waals surface area contributed by atoms with E-state index in [1.54, 1.807) is 24.3 Å². The molecule has 13 nitrogen and oxygen atoms in total. The Balaban J connectivity index is 1.31. The number of nitrogens with two attached hydrogens (primary N) is 3. The first-order valence-electron chi connectivity index (χ1n) is 14.9. The maximum atomic E-state index is 12.0. The van der Waals surface area contributed by atoms with Crippen molar-refractivity contribution >= 4 is 58.4 Å². The summed E-state index contributed by atoms with van der Waals surface area (Å²) in [6.45, 7) is 0.209. The molecule has 2 heterocycles. The number of hydrogen-bond acceptors (Lipinski definition) is 12. The summed E-state index contributed by atoms with van der Waals surface area (Å²) >= 11 is 8.81. The van der Waals surface area contributed by atoms with Crippen LogP contribution in [0.25, 0.3) is 21.7 Å². The maximum Gasteiger partial charge on any atom is 0.325 e. The molecule has 7 N–H and O–H groups in total. The van der Waals surface area contributed by atoms with Crippen molar-refractivity contribution in [3.05, 3.63) is 75.8 Å². The molecule has 252 valence electrons. The highest BCUT2D eigenvalue weighted by Crippen LogP contribution is 2.37. The molecule has 2 aromatic heterocycles. The largest absolute Gasteiger partial charge is 0.490 e. The van der Waals surface area contributed by atoms with E-state index in [-0.39, 0.29) is 55.0 Å². The fourth-order valence-electron chi connectivity index (χ4n) is 4.38. The average Bonchev–Trinajstić information content (AvgIpc) is 3.57. The summed E-state index contributed by atoms with van der Waals surface area (Å²) < 4.78 is 10.8. The molecule has 0 spiro atoms. The number of thiazole rings is 1. The normalized spacial score (nSPS) is 10.4. The van der Waals surface area contributed by atoms with Gasteiger partial charge in [-0.05, 0) is 42.7 Å². The lowest BCUT2D eigenvalue weighted by Crippen LogP contribution is -2.31. The molecule has 0 unspecified atom stereocenters. The van der Waals surface area contributed by atoms with Gasteiger partial charge in [0, 0.05) is 40.2 Å². The van der Waals surface area contributed by atoms with Crippen molar-refractivity contribution in [1.29, 1.82) is 10.5 Å². The molecule has 0 atom stereocenters. The molecule has 0 saturated heterocycles. The summed E-state index contributed by atoms with van der Waals surface area (Å²) in [5, 5.41) is 26.4. The predicted octanol–water partition coefficient (Wildman–Crippen LogP) is 4.63. The number of pyridine rings is 1. The molecule has 0 aliphatic carbocycles. The number of nitrogens with zero attached hydrogens (tertiary/aromatic N) is 5. The minimum atomic E-state index is -0.596. The number of guanidine groups is 1. The van der Waals surface area contributed by atoms with Crippen molar-refractivity contribution < 1.29 is 19.1 Å². The zero-order valence-electron chi connectivity index (χ0n) is 26.1. The van der Waals surface area contributed by atoms with Crippen LogP contribution in [0.15, 0.2) is 63.9 Å². The Labute approximate surface area is 296 Å². The minimum Gasteiger partial charge on any atom is -0.490 e. The van der Waals surface area contributed by atoms with E-state index in [0.29, 0.717) is 52.1 Å². The Hall–Kier alpha value is -5.35. The standard InChI is InChI=1S/C33H32ClN9O4S2/c34-22-8-4-21(5-9-22)31-42-23(18-48-31)19-49-32-26(16-36)29(25(15-35)30(37)43-32)20-6-10-24(11-7-20)46-13-14-47-28(45)17-41-27(44)3-1-2-12-40-33(38)39/h4-11,18H,1-3,12-14,17,19H2,(H2,37,43)(H,41,44)(H4,38,39,40). The van der Waals surface area contributed by atoms with Gasteiger partial charge in [-0.15, -0.1) is 11.3 Å². The number of unbranched alkanes of at least 4 members (excludes halogenated alkanes) is 1. The average molecular weight is 718 g/mol. The van der Waals surface area contributed by atoms with Crippen molar-refractivity contribution in [2.24, 2.45) is 16.5 Å². The van der Waals surface area contributed by atoms with E-state index in [9.17, 15) is 20.1 Å². The third kappa shape index (κ3) is 10.8. The first kappa shape index (κ1) is 36.5. The molecule has 0 fully saturated rings. The number of benzene rings is 2. The monoisotopic (exact) mass is 717 g/mol. The van der Waals surface area contributed by atoms with E-state index >= 15 is 0 Å². The molecular weight excluding hydrogens is 686 g/mol. The van der Waals surface area contributed by atoms with Gasteiger partial charge in [-0.1, -0.05) is 47.6 Å². The molecule has 1 amide bonds. The van der Waals surface area contributed by atoms with Gasteiger partial charge in [0.2, 0.25) is 5.91 Å². The highest BCUT2D eigenvalue weighted by Gasteiger charge is 2.21. The highest BCUT2D eigenvalue weighted by molar-refractivity contribution is 7.98. The molecule has 49 heavy (non-hydrogen) atoms. The van der Waals surface area contributed by atoms with E-state index in [0.717, 1.165) is 16.3 Å². The fraction of sp³-hybridized carbons (Fsp3) is 0.242. The van der Waals surface area contributed by atoms with Crippen LogP contribution in [-0.2, 0) is 20.1 Å². The SMILES string of the molecule is N#Cc1c(N)nc(SCc2csc(-c3ccc(Cl)cc3)n2)c(C#N)c1-c1ccc(OCCOC(=O)CNC(=O)CCCCN=C(N)N)cc1. The number of nitriles is 2. The van der Waals surface area contributed by atoms with Gasteiger partial charge in [0.15, 0.2) is 5.96 Å². The topological polar surface area (TPSA) is 228 Å². The Morgan fingerprint density at radius 1 is 0.980 bits per heavy atom. The van der Waals surface area contributed by atoms with Gasteiger partial charge in [-0.25, -0.2) is 9.97 Å². The number of aliphatic imine (C=N–C) groups is 1. The summed E-state index contributed by atoms with van der Waals surface area (Å²) in [7, 11) is 0. The Morgan fingerprint density at radius 3 is 2.39 bits per heavy atom. The maximum absolute atomic E-state index is 12.0. The highest BCUT2D eigenvalue weighted by atomic mass is 35.5. The number of halogens is 1. The fourth-order valence-corrected chi connectivity index (χ4v) is 6.33. The number of rotatable bonds is 16. The summed E-state index contributed by atoms with van der Waals surface area (Å²) in [4.78, 5) is 36.8. The molecule has 0 radical (unpaired) electrons. The van der Waals surface area contributed by atoms with E-state index in [2.05, 4.69) is 27.4 Å². The third-order valence-corrected chi connectivity index (χ3v) is 8.91. The number of amides is 1. The van der Waals surface area contributed by atoms with E-state index in [1.165, 1.54) is 23.1 Å². The molecule has 4 rings (SSSR count). The first-order valence-corrected chi connectivity index (χ1v) is 17.1. The quantitative estimate of drug-likeness (QED) is 0.0409. The zero-order chi connectivity index (χ0) is 35.2. The number of nitrogen functional groups attached to an aromatic ring is 1. The molecule has 0 aliphatic rings. The van der Waals surface area contributed by atoms with Gasteiger partial charge >= 0.3 is 5.97 Å². The van der Waals surface area contributed by atoms with Crippen LogP contribution in [0.3, 0.4) is 0 Å². The van der Waals surface area contributed by atoms with Crippen molar-refractivity contribution in [2.75, 3.05) is 32.0 Å². The number of esters is 1. The van der Waals surface area contributed by atoms with Gasteiger partial charge in [0.25, 0.3) is 0 Å². The lowest BCUT2D eigenvalue weighted by atomic mass is 9.97. The van der Waals surface area contributed by atoms with E-state index < -0.39 is 5.97 Å². The third-order valence-electron chi connectivity index (χ3n) is 6.71. The molecular formula is C33H32ClN9O4S2.